The third-order valence-electron chi connectivity index (χ3n) is 20.3. The lowest BCUT2D eigenvalue weighted by molar-refractivity contribution is -0.169. The van der Waals surface area contributed by atoms with Gasteiger partial charge in [0, 0.05) is 69.7 Å². The number of halogens is 3. The molecule has 6 fully saturated rings. The fourth-order valence-electron chi connectivity index (χ4n) is 14.9. The SMILES string of the molecule is Cc1cc(F)cc(COC(=O)N2CCC(=O)N3[C@@H]2CN(Cc2ccccc2)C(=O)[C@@H]3CCCCN)c1.Cc1ccc(F)c(COC(=O)N2CCC(=O)N3[C@@H]2CN(Cc2ccccc2)C(=O)[C@@H]3CCCCN)c1.Cc1cccc(COC(=O)N2CCC(=O)N3[C@@H]2CN(Cc2ccccc2)C(=O)[C@@H]3CCCCN)c1F. The highest BCUT2D eigenvalue weighted by Crippen LogP contribution is 2.34. The first-order valence-electron chi connectivity index (χ1n) is 37.2. The molecule has 6 heterocycles. The van der Waals surface area contributed by atoms with E-state index in [4.69, 9.17) is 31.4 Å². The molecule has 0 spiro atoms. The van der Waals surface area contributed by atoms with Crippen molar-refractivity contribution in [2.75, 3.05) is 58.9 Å². The number of carbonyl (C=O) groups is 9. The minimum absolute atomic E-state index is 0.0822. The van der Waals surface area contributed by atoms with Crippen LogP contribution in [0, 0.1) is 38.2 Å². The molecular weight excluding hydrogens is 1390 g/mol. The van der Waals surface area contributed by atoms with Crippen molar-refractivity contribution in [2.24, 2.45) is 17.2 Å². The number of piperazine rings is 3. The normalized spacial score (nSPS) is 19.9. The van der Waals surface area contributed by atoms with Crippen LogP contribution in [0.25, 0.3) is 0 Å². The number of unbranched alkanes of at least 4 members (excludes halogenated alkanes) is 3. The van der Waals surface area contributed by atoms with Gasteiger partial charge in [0.25, 0.3) is 0 Å². The number of hydrogen-bond acceptors (Lipinski definition) is 15. The third-order valence-corrected chi connectivity index (χ3v) is 20.3. The summed E-state index contributed by atoms with van der Waals surface area (Å²) in [5.74, 6) is -2.06. The predicted octanol–water partition coefficient (Wildman–Crippen LogP) is 9.51. The monoisotopic (exact) mass is 1490 g/mol. The Kier molecular flexibility index (Phi) is 28.5. The van der Waals surface area contributed by atoms with Crippen molar-refractivity contribution >= 4 is 53.7 Å². The molecule has 6 aliphatic rings. The zero-order valence-electron chi connectivity index (χ0n) is 61.7. The van der Waals surface area contributed by atoms with Crippen LogP contribution in [0.2, 0.25) is 0 Å². The van der Waals surface area contributed by atoms with Crippen molar-refractivity contribution in [1.29, 1.82) is 0 Å². The van der Waals surface area contributed by atoms with E-state index in [1.807, 2.05) is 97.9 Å². The Morgan fingerprint density at radius 2 is 0.787 bits per heavy atom. The number of hydrogen-bond donors (Lipinski definition) is 3. The molecule has 0 unspecified atom stereocenters. The molecule has 27 heteroatoms. The van der Waals surface area contributed by atoms with Gasteiger partial charge in [-0.25, -0.2) is 27.6 Å². The second-order valence-electron chi connectivity index (χ2n) is 28.1. The molecule has 108 heavy (non-hydrogen) atoms. The third kappa shape index (κ3) is 20.2. The highest BCUT2D eigenvalue weighted by atomic mass is 19.1. The lowest BCUT2D eigenvalue weighted by atomic mass is 9.98. The predicted molar refractivity (Wildman–Crippen MR) is 395 cm³/mol. The molecule has 9 amide bonds. The minimum Gasteiger partial charge on any atom is -0.444 e. The van der Waals surface area contributed by atoms with E-state index in [-0.39, 0.29) is 125 Å². The summed E-state index contributed by atoms with van der Waals surface area (Å²) in [5.41, 5.74) is 23.1. The van der Waals surface area contributed by atoms with Crippen LogP contribution in [0.4, 0.5) is 27.6 Å². The Labute approximate surface area is 628 Å². The number of aryl methyl sites for hydroxylation is 3. The Morgan fingerprint density at radius 3 is 1.17 bits per heavy atom. The molecule has 0 radical (unpaired) electrons. The minimum atomic E-state index is -0.670. The molecule has 24 nitrogen and oxygen atoms in total. The molecule has 0 saturated carbocycles. The number of benzene rings is 6. The molecule has 6 aliphatic heterocycles. The van der Waals surface area contributed by atoms with Crippen LogP contribution < -0.4 is 17.2 Å². The first kappa shape index (κ1) is 80.2. The highest BCUT2D eigenvalue weighted by Gasteiger charge is 2.52. The Hall–Kier alpha value is -10.4. The average molecular weight is 1490 g/mol. The zero-order valence-corrected chi connectivity index (χ0v) is 61.7. The van der Waals surface area contributed by atoms with Gasteiger partial charge in [0.1, 0.15) is 73.9 Å². The number of carbonyl (C=O) groups excluding carboxylic acids is 9. The van der Waals surface area contributed by atoms with E-state index < -0.39 is 72.4 Å². The maximum Gasteiger partial charge on any atom is 0.411 e. The van der Waals surface area contributed by atoms with Gasteiger partial charge in [-0.2, -0.15) is 0 Å². The smallest absolute Gasteiger partial charge is 0.411 e. The Balaban J connectivity index is 0.000000173. The molecule has 576 valence electrons. The van der Waals surface area contributed by atoms with E-state index in [1.165, 1.54) is 32.9 Å². The van der Waals surface area contributed by atoms with Crippen LogP contribution in [0.15, 0.2) is 146 Å². The van der Waals surface area contributed by atoms with E-state index in [2.05, 4.69) is 0 Å². The van der Waals surface area contributed by atoms with E-state index in [0.29, 0.717) is 88.9 Å². The number of ether oxygens (including phenoxy) is 3. The van der Waals surface area contributed by atoms with Crippen molar-refractivity contribution < 1.29 is 70.5 Å². The van der Waals surface area contributed by atoms with Gasteiger partial charge in [-0.05, 0) is 156 Å². The molecule has 12 rings (SSSR count). The molecule has 0 bridgehead atoms. The summed E-state index contributed by atoms with van der Waals surface area (Å²) in [4.78, 5) is 133. The molecular formula is C81H99F3N12O12. The van der Waals surface area contributed by atoms with Gasteiger partial charge >= 0.3 is 18.3 Å². The maximum atomic E-state index is 14.4. The highest BCUT2D eigenvalue weighted by molar-refractivity contribution is 5.93. The van der Waals surface area contributed by atoms with E-state index >= 15 is 0 Å². The zero-order chi connectivity index (χ0) is 77.0. The van der Waals surface area contributed by atoms with Crippen LogP contribution in [-0.2, 0) is 82.4 Å². The molecule has 6 aromatic rings. The summed E-state index contributed by atoms with van der Waals surface area (Å²) in [5, 5.41) is 0. The van der Waals surface area contributed by atoms with Crippen molar-refractivity contribution in [1.82, 2.24) is 44.1 Å². The first-order valence-corrected chi connectivity index (χ1v) is 37.2. The van der Waals surface area contributed by atoms with Gasteiger partial charge in [0.2, 0.25) is 35.4 Å². The summed E-state index contributed by atoms with van der Waals surface area (Å²) in [6, 6.07) is 40.9. The van der Waals surface area contributed by atoms with Gasteiger partial charge < -0.3 is 60.8 Å². The van der Waals surface area contributed by atoms with Gasteiger partial charge in [-0.3, -0.25) is 43.5 Å². The van der Waals surface area contributed by atoms with Crippen molar-refractivity contribution in [2.45, 2.75) is 174 Å². The summed E-state index contributed by atoms with van der Waals surface area (Å²) in [7, 11) is 0. The number of fused-ring (bicyclic) bond motifs is 3. The Morgan fingerprint density at radius 1 is 0.407 bits per heavy atom. The molecule has 0 aliphatic carbocycles. The number of rotatable bonds is 24. The van der Waals surface area contributed by atoms with Gasteiger partial charge in [0.15, 0.2) is 0 Å². The molecule has 6 N–H and O–H groups in total. The van der Waals surface area contributed by atoms with E-state index in [1.54, 1.807) is 79.6 Å². The number of amides is 9. The van der Waals surface area contributed by atoms with Crippen LogP contribution >= 0.6 is 0 Å². The standard InChI is InChI=1S/3C27H33FN4O4/c1-19-8-7-11-21(25(19)28)18-36-27(35)31-15-13-24(33)32-22(12-5-6-14-29)26(34)30(17-23(31)32)16-20-9-3-2-4-10-20;1-19-10-11-22(28)21(15-19)18-36-27(35)31-14-12-25(33)32-23(9-5-6-13-29)26(34)30(17-24(31)32)16-20-7-3-2-4-8-20;1-19-13-21(15-22(28)14-19)18-36-27(35)31-12-10-25(33)32-23(9-5-6-11-29)26(34)30(17-24(31)32)16-20-7-3-2-4-8-20/h2-4,7-11,22-23H,5-6,12-18,29H2,1H3;2-4,7-8,10-11,15,23-24H,5-6,9,12-14,16-18,29H2,1H3;2-4,7-8,13-15,23-24H,5-6,9-12,16-18,29H2,1H3/t22-,23+;2*23-,24+/m000/s1. The largest absolute Gasteiger partial charge is 0.444 e. The fraction of sp³-hybridized carbons (Fsp3) is 0.444. The van der Waals surface area contributed by atoms with Crippen molar-refractivity contribution in [3.63, 3.8) is 0 Å². The van der Waals surface area contributed by atoms with Crippen LogP contribution in [0.5, 0.6) is 0 Å². The lowest BCUT2D eigenvalue weighted by Gasteiger charge is -2.52. The number of nitrogens with zero attached hydrogens (tertiary/aromatic N) is 9. The van der Waals surface area contributed by atoms with Crippen LogP contribution in [0.1, 0.15) is 127 Å². The van der Waals surface area contributed by atoms with E-state index in [0.717, 1.165) is 47.1 Å². The molecule has 0 aromatic heterocycles. The van der Waals surface area contributed by atoms with Gasteiger partial charge in [0.05, 0.1) is 19.6 Å². The van der Waals surface area contributed by atoms with Crippen LogP contribution in [-0.4, -0.2) is 193 Å². The van der Waals surface area contributed by atoms with Gasteiger partial charge in [-0.1, -0.05) is 127 Å². The summed E-state index contributed by atoms with van der Waals surface area (Å²) in [6.07, 6.45) is 2.28. The fourth-order valence-corrected chi connectivity index (χ4v) is 14.9. The van der Waals surface area contributed by atoms with Crippen molar-refractivity contribution in [3.8, 4) is 0 Å². The quantitative estimate of drug-likeness (QED) is 0.0375. The second kappa shape index (κ2) is 38.4. The average Bonchev–Trinajstić information content (AvgIpc) is 0.770. The lowest BCUT2D eigenvalue weighted by Crippen LogP contribution is -2.71. The summed E-state index contributed by atoms with van der Waals surface area (Å²) >= 11 is 0. The Bertz CT molecular complexity index is 3970. The number of nitrogens with two attached hydrogens (primary N) is 3. The first-order chi connectivity index (χ1) is 52.2. The van der Waals surface area contributed by atoms with Gasteiger partial charge in [-0.15, -0.1) is 0 Å². The molecule has 6 aromatic carbocycles. The van der Waals surface area contributed by atoms with Crippen molar-refractivity contribution in [3.05, 3.63) is 213 Å². The topological polar surface area (TPSA) is 289 Å². The van der Waals surface area contributed by atoms with Crippen LogP contribution in [0.3, 0.4) is 0 Å². The summed E-state index contributed by atoms with van der Waals surface area (Å²) < 4.78 is 58.9. The molecule has 6 saturated heterocycles. The maximum absolute atomic E-state index is 14.4. The van der Waals surface area contributed by atoms with E-state index in [9.17, 15) is 56.3 Å². The second-order valence-corrected chi connectivity index (χ2v) is 28.1. The summed E-state index contributed by atoms with van der Waals surface area (Å²) in [6.45, 7) is 8.51. The molecule has 6 atom stereocenters.